The minimum Gasteiger partial charge on any atom is -0.353 e. The molecule has 2 nitrogen and oxygen atoms in total. The Hall–Kier alpha value is -1.09. The maximum atomic E-state index is 13.4. The van der Waals surface area contributed by atoms with E-state index in [1.807, 2.05) is 20.8 Å². The second kappa shape index (κ2) is 6.01. The van der Waals surface area contributed by atoms with Crippen molar-refractivity contribution in [3.8, 4) is 0 Å². The summed E-state index contributed by atoms with van der Waals surface area (Å²) in [5, 5.41) is 3.17. The number of benzene rings is 1. The molecule has 0 aliphatic carbocycles. The molecule has 0 aromatic heterocycles. The fourth-order valence-corrected chi connectivity index (χ4v) is 1.47. The summed E-state index contributed by atoms with van der Waals surface area (Å²) in [6.45, 7) is 5.97. The first-order valence-corrected chi connectivity index (χ1v) is 6.01. The fourth-order valence-electron chi connectivity index (χ4n) is 1.31. The van der Waals surface area contributed by atoms with Gasteiger partial charge in [0.2, 0.25) is 5.91 Å². The summed E-state index contributed by atoms with van der Waals surface area (Å²) in [6.07, 6.45) is 0.0417. The standard InChI is InChI=1S/C13H17ClFNO/c1-8(2)9(3)16-13(17)6-10-4-5-11(14)7-12(10)15/h4-5,7-9H,6H2,1-3H3,(H,16,17). The Morgan fingerprint density at radius 1 is 1.41 bits per heavy atom. The molecule has 0 aliphatic heterocycles. The van der Waals surface area contributed by atoms with Crippen LogP contribution in [0.2, 0.25) is 5.02 Å². The smallest absolute Gasteiger partial charge is 0.224 e. The van der Waals surface area contributed by atoms with Crippen molar-refractivity contribution in [1.29, 1.82) is 0 Å². The van der Waals surface area contributed by atoms with Crippen LogP contribution < -0.4 is 5.32 Å². The minimum atomic E-state index is -0.440. The van der Waals surface area contributed by atoms with Crippen LogP contribution in [-0.2, 0) is 11.2 Å². The molecule has 1 amide bonds. The third-order valence-electron chi connectivity index (χ3n) is 2.75. The van der Waals surface area contributed by atoms with Crippen molar-refractivity contribution in [2.75, 3.05) is 0 Å². The Morgan fingerprint density at radius 3 is 2.59 bits per heavy atom. The number of carbonyl (C=O) groups is 1. The van der Waals surface area contributed by atoms with Crippen molar-refractivity contribution in [2.24, 2.45) is 5.92 Å². The van der Waals surface area contributed by atoms with Gasteiger partial charge in [0.1, 0.15) is 5.82 Å². The van der Waals surface area contributed by atoms with Gasteiger partial charge in [-0.15, -0.1) is 0 Å². The number of nitrogens with one attached hydrogen (secondary N) is 1. The Balaban J connectivity index is 2.62. The SMILES string of the molecule is CC(C)C(C)NC(=O)Cc1ccc(Cl)cc1F. The molecular formula is C13H17ClFNO. The van der Waals surface area contributed by atoms with Gasteiger partial charge in [0.15, 0.2) is 0 Å². The number of carbonyl (C=O) groups excluding carboxylic acids is 1. The highest BCUT2D eigenvalue weighted by Gasteiger charge is 2.13. The van der Waals surface area contributed by atoms with E-state index < -0.39 is 5.82 Å². The zero-order valence-electron chi connectivity index (χ0n) is 10.3. The lowest BCUT2D eigenvalue weighted by molar-refractivity contribution is -0.121. The van der Waals surface area contributed by atoms with Gasteiger partial charge < -0.3 is 5.32 Å². The zero-order valence-corrected chi connectivity index (χ0v) is 11.0. The first-order chi connectivity index (χ1) is 7.90. The zero-order chi connectivity index (χ0) is 13.0. The predicted molar refractivity (Wildman–Crippen MR) is 67.6 cm³/mol. The summed E-state index contributed by atoms with van der Waals surface area (Å²) >= 11 is 5.64. The quantitative estimate of drug-likeness (QED) is 0.882. The Morgan fingerprint density at radius 2 is 2.06 bits per heavy atom. The summed E-state index contributed by atoms with van der Waals surface area (Å²) in [4.78, 5) is 11.7. The van der Waals surface area contributed by atoms with Crippen LogP contribution in [0.4, 0.5) is 4.39 Å². The van der Waals surface area contributed by atoms with Gasteiger partial charge in [-0.1, -0.05) is 31.5 Å². The molecule has 0 spiro atoms. The Labute approximate surface area is 106 Å². The van der Waals surface area contributed by atoms with Gasteiger partial charge in [0, 0.05) is 11.1 Å². The molecule has 0 saturated heterocycles. The van der Waals surface area contributed by atoms with Gasteiger partial charge in [-0.3, -0.25) is 4.79 Å². The molecule has 1 unspecified atom stereocenters. The topological polar surface area (TPSA) is 29.1 Å². The van der Waals surface area contributed by atoms with Gasteiger partial charge in [-0.2, -0.15) is 0 Å². The van der Waals surface area contributed by atoms with E-state index >= 15 is 0 Å². The second-order valence-corrected chi connectivity index (χ2v) is 4.95. The predicted octanol–water partition coefficient (Wildman–Crippen LogP) is 3.18. The largest absolute Gasteiger partial charge is 0.353 e. The van der Waals surface area contributed by atoms with Crippen LogP contribution in [0.5, 0.6) is 0 Å². The van der Waals surface area contributed by atoms with Crippen LogP contribution in [0.1, 0.15) is 26.3 Å². The molecule has 1 aromatic rings. The molecule has 0 saturated carbocycles. The van der Waals surface area contributed by atoms with E-state index in [0.717, 1.165) is 0 Å². The fraction of sp³-hybridized carbons (Fsp3) is 0.462. The van der Waals surface area contributed by atoms with Gasteiger partial charge in [-0.05, 0) is 30.5 Å². The summed E-state index contributed by atoms with van der Waals surface area (Å²) in [7, 11) is 0. The van der Waals surface area contributed by atoms with Crippen LogP contribution in [0.3, 0.4) is 0 Å². The molecule has 0 fully saturated rings. The molecule has 0 radical (unpaired) electrons. The van der Waals surface area contributed by atoms with E-state index in [1.54, 1.807) is 6.07 Å². The molecule has 94 valence electrons. The van der Waals surface area contributed by atoms with Gasteiger partial charge in [0.05, 0.1) is 6.42 Å². The van der Waals surface area contributed by atoms with E-state index in [9.17, 15) is 9.18 Å². The van der Waals surface area contributed by atoms with Crippen molar-refractivity contribution in [3.05, 3.63) is 34.6 Å². The minimum absolute atomic E-state index is 0.0417. The van der Waals surface area contributed by atoms with E-state index in [4.69, 9.17) is 11.6 Å². The van der Waals surface area contributed by atoms with Crippen molar-refractivity contribution >= 4 is 17.5 Å². The molecule has 1 aromatic carbocycles. The molecule has 0 heterocycles. The van der Waals surface area contributed by atoms with Crippen molar-refractivity contribution < 1.29 is 9.18 Å². The Bertz CT molecular complexity index is 406. The summed E-state index contributed by atoms with van der Waals surface area (Å²) in [6, 6.07) is 4.42. The van der Waals surface area contributed by atoms with E-state index in [2.05, 4.69) is 5.32 Å². The van der Waals surface area contributed by atoms with Crippen LogP contribution >= 0.6 is 11.6 Å². The number of amides is 1. The molecule has 4 heteroatoms. The lowest BCUT2D eigenvalue weighted by Gasteiger charge is -2.17. The number of halogens is 2. The summed E-state index contributed by atoms with van der Waals surface area (Å²) < 4.78 is 13.4. The van der Waals surface area contributed by atoms with Crippen LogP contribution in [0.15, 0.2) is 18.2 Å². The molecular weight excluding hydrogens is 241 g/mol. The Kier molecular flexibility index (Phi) is 4.94. The molecule has 17 heavy (non-hydrogen) atoms. The maximum absolute atomic E-state index is 13.4. The lowest BCUT2D eigenvalue weighted by Crippen LogP contribution is -2.37. The van der Waals surface area contributed by atoms with Crippen LogP contribution in [-0.4, -0.2) is 11.9 Å². The van der Waals surface area contributed by atoms with Crippen LogP contribution in [0.25, 0.3) is 0 Å². The normalized spacial score (nSPS) is 12.6. The van der Waals surface area contributed by atoms with Crippen molar-refractivity contribution in [3.63, 3.8) is 0 Å². The van der Waals surface area contributed by atoms with Crippen LogP contribution in [0, 0.1) is 11.7 Å². The molecule has 1 rings (SSSR count). The summed E-state index contributed by atoms with van der Waals surface area (Å²) in [5.74, 6) is -0.258. The highest BCUT2D eigenvalue weighted by molar-refractivity contribution is 6.30. The molecule has 1 N–H and O–H groups in total. The van der Waals surface area contributed by atoms with E-state index in [0.29, 0.717) is 16.5 Å². The first-order valence-electron chi connectivity index (χ1n) is 5.63. The average Bonchev–Trinajstić information content (AvgIpc) is 2.22. The second-order valence-electron chi connectivity index (χ2n) is 4.51. The van der Waals surface area contributed by atoms with Crippen molar-refractivity contribution in [1.82, 2.24) is 5.32 Å². The van der Waals surface area contributed by atoms with E-state index in [-0.39, 0.29) is 18.4 Å². The number of rotatable bonds is 4. The lowest BCUT2D eigenvalue weighted by atomic mass is 10.1. The maximum Gasteiger partial charge on any atom is 0.224 e. The molecule has 0 bridgehead atoms. The highest BCUT2D eigenvalue weighted by atomic mass is 35.5. The third-order valence-corrected chi connectivity index (χ3v) is 2.99. The van der Waals surface area contributed by atoms with Crippen molar-refractivity contribution in [2.45, 2.75) is 33.2 Å². The number of hydrogen-bond donors (Lipinski definition) is 1. The highest BCUT2D eigenvalue weighted by Crippen LogP contribution is 2.15. The van der Waals surface area contributed by atoms with Gasteiger partial charge >= 0.3 is 0 Å². The van der Waals surface area contributed by atoms with E-state index in [1.165, 1.54) is 12.1 Å². The molecule has 1 atom stereocenters. The van der Waals surface area contributed by atoms with Gasteiger partial charge in [-0.25, -0.2) is 4.39 Å². The third kappa shape index (κ3) is 4.35. The molecule has 0 aliphatic rings. The monoisotopic (exact) mass is 257 g/mol. The first kappa shape index (κ1) is 14.0. The summed E-state index contributed by atoms with van der Waals surface area (Å²) in [5.41, 5.74) is 0.364. The number of hydrogen-bond acceptors (Lipinski definition) is 1. The average molecular weight is 258 g/mol. The van der Waals surface area contributed by atoms with Gasteiger partial charge in [0.25, 0.3) is 0 Å².